The molecular formula is C20H21F3N4O2. The number of amides is 2. The first-order valence-electron chi connectivity index (χ1n) is 9.18. The number of pyridine rings is 1. The van der Waals surface area contributed by atoms with Crippen LogP contribution >= 0.6 is 0 Å². The van der Waals surface area contributed by atoms with E-state index >= 15 is 0 Å². The number of rotatable bonds is 4. The molecule has 0 bridgehead atoms. The van der Waals surface area contributed by atoms with Gasteiger partial charge in [-0.2, -0.15) is 13.2 Å². The van der Waals surface area contributed by atoms with Gasteiger partial charge in [-0.25, -0.2) is 4.98 Å². The highest BCUT2D eigenvalue weighted by Crippen LogP contribution is 2.29. The minimum atomic E-state index is -4.42. The zero-order valence-corrected chi connectivity index (χ0v) is 15.8. The number of anilines is 1. The maximum Gasteiger partial charge on any atom is 0.417 e. The van der Waals surface area contributed by atoms with Gasteiger partial charge < -0.3 is 15.1 Å². The number of alkyl halides is 3. The van der Waals surface area contributed by atoms with Crippen LogP contribution in [0, 0.1) is 0 Å². The highest BCUT2D eigenvalue weighted by Gasteiger charge is 2.31. The third-order valence-electron chi connectivity index (χ3n) is 4.74. The second-order valence-corrected chi connectivity index (χ2v) is 6.78. The van der Waals surface area contributed by atoms with Crippen molar-refractivity contribution < 1.29 is 22.8 Å². The largest absolute Gasteiger partial charge is 0.417 e. The number of halogens is 3. The first-order chi connectivity index (χ1) is 13.8. The van der Waals surface area contributed by atoms with Crippen LogP contribution in [0.3, 0.4) is 0 Å². The molecule has 0 aliphatic carbocycles. The summed E-state index contributed by atoms with van der Waals surface area (Å²) in [4.78, 5) is 32.2. The Morgan fingerprint density at radius 3 is 2.24 bits per heavy atom. The average molecular weight is 406 g/mol. The smallest absolute Gasteiger partial charge is 0.353 e. The van der Waals surface area contributed by atoms with E-state index in [1.54, 1.807) is 42.2 Å². The summed E-state index contributed by atoms with van der Waals surface area (Å²) >= 11 is 0. The number of hydrogen-bond donors (Lipinski definition) is 1. The van der Waals surface area contributed by atoms with Crippen molar-refractivity contribution in [3.63, 3.8) is 0 Å². The molecule has 0 saturated carbocycles. The van der Waals surface area contributed by atoms with Crippen LogP contribution in [-0.2, 0) is 11.0 Å². The van der Waals surface area contributed by atoms with Crippen molar-refractivity contribution in [3.8, 4) is 0 Å². The summed E-state index contributed by atoms with van der Waals surface area (Å²) in [6.07, 6.45) is -3.61. The Morgan fingerprint density at radius 1 is 1.03 bits per heavy atom. The Kier molecular flexibility index (Phi) is 6.05. The molecule has 1 unspecified atom stereocenters. The molecule has 1 saturated heterocycles. The van der Waals surface area contributed by atoms with Crippen LogP contribution in [0.1, 0.15) is 22.8 Å². The fourth-order valence-electron chi connectivity index (χ4n) is 3.10. The van der Waals surface area contributed by atoms with Gasteiger partial charge in [0, 0.05) is 37.9 Å². The normalized spacial score (nSPS) is 15.7. The summed E-state index contributed by atoms with van der Waals surface area (Å²) in [5, 5.41) is 2.69. The van der Waals surface area contributed by atoms with Gasteiger partial charge in [0.25, 0.3) is 5.91 Å². The molecule has 6 nitrogen and oxygen atoms in total. The minimum absolute atomic E-state index is 0.200. The number of aromatic nitrogens is 1. The van der Waals surface area contributed by atoms with E-state index in [1.807, 2.05) is 4.90 Å². The standard InChI is InChI=1S/C20H21F3N4O2/c1-14(25-18(28)15-5-3-2-4-6-15)19(29)27-11-9-26(10-12-27)17-8-7-16(13-24-17)20(21,22)23/h2-8,13-14H,9-12H2,1H3,(H,25,28). The predicted molar refractivity (Wildman–Crippen MR) is 101 cm³/mol. The van der Waals surface area contributed by atoms with E-state index in [1.165, 1.54) is 6.07 Å². The van der Waals surface area contributed by atoms with Crippen molar-refractivity contribution in [1.82, 2.24) is 15.2 Å². The van der Waals surface area contributed by atoms with E-state index in [-0.39, 0.29) is 11.8 Å². The topological polar surface area (TPSA) is 65.5 Å². The number of benzene rings is 1. The number of nitrogens with zero attached hydrogens (tertiary/aromatic N) is 3. The lowest BCUT2D eigenvalue weighted by atomic mass is 10.2. The molecule has 3 rings (SSSR count). The molecule has 9 heteroatoms. The second-order valence-electron chi connectivity index (χ2n) is 6.78. The number of piperazine rings is 1. The van der Waals surface area contributed by atoms with Crippen LogP contribution in [0.2, 0.25) is 0 Å². The molecule has 0 radical (unpaired) electrons. The molecule has 1 atom stereocenters. The van der Waals surface area contributed by atoms with Crippen molar-refractivity contribution in [2.24, 2.45) is 0 Å². The van der Waals surface area contributed by atoms with Gasteiger partial charge >= 0.3 is 6.18 Å². The number of carbonyl (C=O) groups excluding carboxylic acids is 2. The molecule has 2 amide bonds. The summed E-state index contributed by atoms with van der Waals surface area (Å²) in [6.45, 7) is 3.32. The van der Waals surface area contributed by atoms with E-state index in [0.29, 0.717) is 37.6 Å². The molecule has 154 valence electrons. The van der Waals surface area contributed by atoms with Crippen molar-refractivity contribution in [2.75, 3.05) is 31.1 Å². The summed E-state index contributed by atoms with van der Waals surface area (Å²) in [5.74, 6) is -0.0797. The van der Waals surface area contributed by atoms with Crippen LogP contribution in [0.25, 0.3) is 0 Å². The molecule has 1 aromatic carbocycles. The van der Waals surface area contributed by atoms with Crippen LogP contribution in [0.5, 0.6) is 0 Å². The van der Waals surface area contributed by atoms with Gasteiger partial charge in [-0.15, -0.1) is 0 Å². The Labute approximate surface area is 166 Å². The lowest BCUT2D eigenvalue weighted by Gasteiger charge is -2.36. The second kappa shape index (κ2) is 8.50. The summed E-state index contributed by atoms with van der Waals surface area (Å²) in [5.41, 5.74) is -0.316. The fourth-order valence-corrected chi connectivity index (χ4v) is 3.10. The van der Waals surface area contributed by atoms with Crippen molar-refractivity contribution in [1.29, 1.82) is 0 Å². The minimum Gasteiger partial charge on any atom is -0.353 e. The average Bonchev–Trinajstić information content (AvgIpc) is 2.73. The summed E-state index contributed by atoms with van der Waals surface area (Å²) in [6, 6.07) is 10.3. The number of carbonyl (C=O) groups is 2. The van der Waals surface area contributed by atoms with Gasteiger partial charge in [0.1, 0.15) is 11.9 Å². The van der Waals surface area contributed by atoms with Gasteiger partial charge in [0.15, 0.2) is 0 Å². The van der Waals surface area contributed by atoms with Gasteiger partial charge in [-0.3, -0.25) is 9.59 Å². The number of hydrogen-bond acceptors (Lipinski definition) is 4. The first-order valence-corrected chi connectivity index (χ1v) is 9.18. The van der Waals surface area contributed by atoms with E-state index < -0.39 is 17.8 Å². The SMILES string of the molecule is CC(NC(=O)c1ccccc1)C(=O)N1CCN(c2ccc(C(F)(F)F)cn2)CC1. The van der Waals surface area contributed by atoms with Crippen LogP contribution in [-0.4, -0.2) is 53.9 Å². The predicted octanol–water partition coefficient (Wildman–Crippen LogP) is 2.57. The Hall–Kier alpha value is -3.10. The number of nitrogens with one attached hydrogen (secondary N) is 1. The lowest BCUT2D eigenvalue weighted by Crippen LogP contribution is -2.54. The lowest BCUT2D eigenvalue weighted by molar-refractivity contribution is -0.138. The summed E-state index contributed by atoms with van der Waals surface area (Å²) < 4.78 is 37.9. The molecule has 0 spiro atoms. The molecule has 2 aromatic rings. The maximum absolute atomic E-state index is 12.6. The zero-order valence-electron chi connectivity index (χ0n) is 15.8. The van der Waals surface area contributed by atoms with Gasteiger partial charge in [-0.1, -0.05) is 18.2 Å². The van der Waals surface area contributed by atoms with E-state index in [0.717, 1.165) is 12.3 Å². The monoisotopic (exact) mass is 406 g/mol. The van der Waals surface area contributed by atoms with Crippen LogP contribution in [0.15, 0.2) is 48.7 Å². The van der Waals surface area contributed by atoms with Gasteiger partial charge in [-0.05, 0) is 31.2 Å². The highest BCUT2D eigenvalue weighted by atomic mass is 19.4. The Morgan fingerprint density at radius 2 is 1.69 bits per heavy atom. The van der Waals surface area contributed by atoms with Crippen molar-refractivity contribution >= 4 is 17.6 Å². The van der Waals surface area contributed by atoms with Crippen molar-refractivity contribution in [2.45, 2.75) is 19.1 Å². The molecule has 1 aromatic heterocycles. The van der Waals surface area contributed by atoms with E-state index in [4.69, 9.17) is 0 Å². The highest BCUT2D eigenvalue weighted by molar-refractivity contribution is 5.97. The molecule has 1 fully saturated rings. The Balaban J connectivity index is 1.53. The third-order valence-corrected chi connectivity index (χ3v) is 4.74. The van der Waals surface area contributed by atoms with Gasteiger partial charge in [0.05, 0.1) is 5.56 Å². The molecule has 1 aliphatic rings. The molecule has 1 N–H and O–H groups in total. The fraction of sp³-hybridized carbons (Fsp3) is 0.350. The molecule has 2 heterocycles. The van der Waals surface area contributed by atoms with E-state index in [9.17, 15) is 22.8 Å². The summed E-state index contributed by atoms with van der Waals surface area (Å²) in [7, 11) is 0. The first kappa shape index (κ1) is 20.6. The third kappa shape index (κ3) is 5.04. The van der Waals surface area contributed by atoms with E-state index in [2.05, 4.69) is 10.3 Å². The molecular weight excluding hydrogens is 385 g/mol. The molecule has 29 heavy (non-hydrogen) atoms. The Bertz CT molecular complexity index is 848. The quantitative estimate of drug-likeness (QED) is 0.848. The van der Waals surface area contributed by atoms with Crippen LogP contribution < -0.4 is 10.2 Å². The van der Waals surface area contributed by atoms with Crippen LogP contribution in [0.4, 0.5) is 19.0 Å². The maximum atomic E-state index is 12.6. The van der Waals surface area contributed by atoms with Crippen molar-refractivity contribution in [3.05, 3.63) is 59.8 Å². The molecule has 1 aliphatic heterocycles. The zero-order chi connectivity index (χ0) is 21.0. The van der Waals surface area contributed by atoms with Gasteiger partial charge in [0.2, 0.25) is 5.91 Å².